The third-order valence-electron chi connectivity index (χ3n) is 8.50. The second kappa shape index (κ2) is 11.7. The Kier molecular flexibility index (Phi) is 8.41. The number of nitrogens with zero attached hydrogens (tertiary/aromatic N) is 8. The van der Waals surface area contributed by atoms with E-state index in [9.17, 15) is 0 Å². The third-order valence-corrected chi connectivity index (χ3v) is 23.1. The standard InChI is InChI=1S/C30H38N8O2P4/c1-33-34(2)44(32-42(40,29-23-15-9-16-24-29)30-25-17-10-18-26-30)37(5)35(3)43(33,36(4)38(44)6)31-41(39,27-19-11-7-12-20-27)28-21-13-8-14-22-28/h7-26H,1-6H3. The summed E-state index contributed by atoms with van der Waals surface area (Å²) >= 11 is 0. The monoisotopic (exact) mass is 666 g/mol. The molecule has 230 valence electrons. The van der Waals surface area contributed by atoms with Crippen LogP contribution in [-0.2, 0) is 9.13 Å². The lowest BCUT2D eigenvalue weighted by Crippen LogP contribution is -2.64. The first-order chi connectivity index (χ1) is 21.0. The van der Waals surface area contributed by atoms with Gasteiger partial charge in [-0.15, -0.1) is 0 Å². The minimum absolute atomic E-state index is 0.670. The Labute approximate surface area is 260 Å². The first-order valence-corrected chi connectivity index (χ1v) is 20.7. The summed E-state index contributed by atoms with van der Waals surface area (Å²) < 4.78 is 54.2. The van der Waals surface area contributed by atoms with E-state index in [0.717, 1.165) is 0 Å². The van der Waals surface area contributed by atoms with Crippen LogP contribution in [0.1, 0.15) is 0 Å². The van der Waals surface area contributed by atoms with Gasteiger partial charge in [-0.2, -0.15) is 37.7 Å². The van der Waals surface area contributed by atoms with Crippen LogP contribution in [-0.4, -0.2) is 71.0 Å². The van der Waals surface area contributed by atoms with Gasteiger partial charge >= 0.3 is 0 Å². The van der Waals surface area contributed by atoms with Crippen molar-refractivity contribution in [2.45, 2.75) is 0 Å². The zero-order chi connectivity index (χ0) is 31.3. The van der Waals surface area contributed by atoms with Gasteiger partial charge < -0.3 is 0 Å². The van der Waals surface area contributed by atoms with Gasteiger partial charge in [0.15, 0.2) is 0 Å². The van der Waals surface area contributed by atoms with E-state index in [2.05, 4.69) is 28.7 Å². The lowest BCUT2D eigenvalue weighted by atomic mass is 10.4. The number of rotatable bonds is 6. The molecule has 3 heterocycles. The lowest BCUT2D eigenvalue weighted by Gasteiger charge is -2.68. The Balaban J connectivity index is 1.63. The average Bonchev–Trinajstić information content (AvgIpc) is 3.08. The smallest absolute Gasteiger partial charge is 0.249 e. The van der Waals surface area contributed by atoms with Crippen molar-refractivity contribution in [3.05, 3.63) is 121 Å². The van der Waals surface area contributed by atoms with E-state index in [1.807, 2.05) is 164 Å². The molecule has 0 spiro atoms. The van der Waals surface area contributed by atoms with Gasteiger partial charge in [0.25, 0.3) is 0 Å². The third kappa shape index (κ3) is 4.56. The number of hydrogen-bond acceptors (Lipinski definition) is 2. The highest BCUT2D eigenvalue weighted by Crippen LogP contribution is 2.83. The van der Waals surface area contributed by atoms with E-state index in [1.54, 1.807) is 0 Å². The molecule has 10 nitrogen and oxygen atoms in total. The first-order valence-electron chi connectivity index (χ1n) is 14.2. The summed E-state index contributed by atoms with van der Waals surface area (Å²) in [6, 6.07) is 38.0. The summed E-state index contributed by atoms with van der Waals surface area (Å²) in [4.78, 5) is 0. The van der Waals surface area contributed by atoms with Crippen LogP contribution in [0, 0.1) is 0 Å². The Morgan fingerprint density at radius 3 is 0.750 bits per heavy atom. The van der Waals surface area contributed by atoms with Gasteiger partial charge in [-0.25, -0.2) is 0 Å². The van der Waals surface area contributed by atoms with Gasteiger partial charge in [0.1, 0.15) is 0 Å². The molecule has 4 aromatic rings. The van der Waals surface area contributed by atoms with Crippen LogP contribution in [0.4, 0.5) is 0 Å². The van der Waals surface area contributed by atoms with Crippen molar-refractivity contribution in [1.29, 1.82) is 0 Å². The van der Waals surface area contributed by atoms with Crippen molar-refractivity contribution in [1.82, 2.24) is 28.7 Å². The topological polar surface area (TPSA) is 78.3 Å². The molecule has 0 N–H and O–H groups in total. The van der Waals surface area contributed by atoms with E-state index in [-0.39, 0.29) is 0 Å². The maximum atomic E-state index is 15.4. The number of benzene rings is 4. The summed E-state index contributed by atoms with van der Waals surface area (Å²) in [5.74, 6) is 0. The molecule has 3 saturated heterocycles. The molecule has 3 aliphatic rings. The zero-order valence-corrected chi connectivity index (χ0v) is 29.3. The fourth-order valence-electron chi connectivity index (χ4n) is 5.88. The van der Waals surface area contributed by atoms with Gasteiger partial charge in [-0.3, -0.25) is 9.13 Å². The van der Waals surface area contributed by atoms with E-state index >= 15 is 9.13 Å². The Hall–Kier alpha value is -2.44. The SMILES string of the molecule is CN1N(C)P2(=NP(=O)(c3ccccc3)c3ccccc3)N(C)N(C)P1(=NP(=O)(c1ccccc1)c1ccccc1)N(C)N2C. The van der Waals surface area contributed by atoms with Crippen LogP contribution < -0.4 is 21.2 Å². The Morgan fingerprint density at radius 2 is 0.568 bits per heavy atom. The van der Waals surface area contributed by atoms with E-state index in [1.165, 1.54) is 0 Å². The largest absolute Gasteiger partial charge is 0.288 e. The van der Waals surface area contributed by atoms with Crippen LogP contribution in [0.15, 0.2) is 130 Å². The highest BCUT2D eigenvalue weighted by molar-refractivity contribution is 7.85. The second-order valence-corrected chi connectivity index (χ2v) is 22.1. The van der Waals surface area contributed by atoms with Gasteiger partial charge in [-0.05, 0) is 48.5 Å². The normalized spacial score (nSPS) is 24.4. The molecule has 0 aliphatic carbocycles. The van der Waals surface area contributed by atoms with Crippen molar-refractivity contribution >= 4 is 50.8 Å². The number of fused-ring (bicyclic) bond motifs is 3. The van der Waals surface area contributed by atoms with Gasteiger partial charge in [-0.1, -0.05) is 72.8 Å². The molecule has 0 aromatic heterocycles. The maximum Gasteiger partial charge on any atom is 0.249 e. The van der Waals surface area contributed by atoms with Gasteiger partial charge in [0, 0.05) is 63.5 Å². The highest BCUT2D eigenvalue weighted by atomic mass is 31.2. The van der Waals surface area contributed by atoms with Crippen molar-refractivity contribution in [3.8, 4) is 0 Å². The average molecular weight is 667 g/mol. The Morgan fingerprint density at radius 1 is 0.386 bits per heavy atom. The van der Waals surface area contributed by atoms with E-state index < -0.39 is 29.6 Å². The lowest BCUT2D eigenvalue weighted by molar-refractivity contribution is 0.0243. The molecule has 7 rings (SSSR count). The molecule has 3 fully saturated rings. The Bertz CT molecular complexity index is 1580. The molecule has 0 radical (unpaired) electrons. The quantitative estimate of drug-likeness (QED) is 0.229. The fraction of sp³-hybridized carbons (Fsp3) is 0.200. The van der Waals surface area contributed by atoms with Crippen molar-refractivity contribution in [2.75, 3.05) is 42.3 Å². The summed E-state index contributed by atoms with van der Waals surface area (Å²) in [6.45, 7) is 0. The molecular weight excluding hydrogens is 628 g/mol. The van der Waals surface area contributed by atoms with E-state index in [4.69, 9.17) is 9.03 Å². The molecule has 4 aromatic carbocycles. The predicted molar refractivity (Wildman–Crippen MR) is 185 cm³/mol. The first kappa shape index (κ1) is 31.5. The van der Waals surface area contributed by atoms with Gasteiger partial charge in [0.05, 0.1) is 0 Å². The zero-order valence-electron chi connectivity index (χ0n) is 25.7. The highest BCUT2D eigenvalue weighted by Gasteiger charge is 2.63. The number of hydrogen-bond donors (Lipinski definition) is 0. The minimum atomic E-state index is -3.50. The van der Waals surface area contributed by atoms with Crippen LogP contribution in [0.2, 0.25) is 0 Å². The minimum Gasteiger partial charge on any atom is -0.288 e. The van der Waals surface area contributed by atoms with Crippen LogP contribution in [0.25, 0.3) is 0 Å². The molecule has 0 amide bonds. The molecular formula is C30H38N8O2P4. The van der Waals surface area contributed by atoms with Crippen molar-refractivity contribution in [3.63, 3.8) is 0 Å². The fourth-order valence-corrected chi connectivity index (χ4v) is 22.2. The molecule has 3 aliphatic heterocycles. The van der Waals surface area contributed by atoms with Crippen LogP contribution in [0.5, 0.6) is 0 Å². The predicted octanol–water partition coefficient (Wildman–Crippen LogP) is 6.10. The van der Waals surface area contributed by atoms with E-state index in [0.29, 0.717) is 21.2 Å². The van der Waals surface area contributed by atoms with Gasteiger partial charge in [0.2, 0.25) is 29.6 Å². The van der Waals surface area contributed by atoms with Crippen molar-refractivity contribution in [2.24, 2.45) is 9.03 Å². The molecule has 0 atom stereocenters. The molecule has 2 bridgehead atoms. The molecule has 0 saturated carbocycles. The van der Waals surface area contributed by atoms with Crippen LogP contribution in [0.3, 0.4) is 0 Å². The summed E-state index contributed by atoms with van der Waals surface area (Å²) in [7, 11) is -1.01. The number of hydrazine groups is 3. The summed E-state index contributed by atoms with van der Waals surface area (Å²) in [5, 5.41) is 2.68. The molecule has 14 heteroatoms. The maximum absolute atomic E-state index is 15.4. The molecule has 0 unspecified atom stereocenters. The molecule has 44 heavy (non-hydrogen) atoms. The second-order valence-electron chi connectivity index (χ2n) is 10.7. The van der Waals surface area contributed by atoms with Crippen LogP contribution >= 0.6 is 29.6 Å². The summed E-state index contributed by atoms with van der Waals surface area (Å²) in [5.41, 5.74) is 0. The summed E-state index contributed by atoms with van der Waals surface area (Å²) in [6.07, 6.45) is 0. The van der Waals surface area contributed by atoms with Crippen molar-refractivity contribution < 1.29 is 9.13 Å².